The van der Waals surface area contributed by atoms with Gasteiger partial charge in [0.05, 0.1) is 5.52 Å². The van der Waals surface area contributed by atoms with Gasteiger partial charge in [0.1, 0.15) is 17.3 Å². The van der Waals surface area contributed by atoms with Crippen LogP contribution in [0.25, 0.3) is 10.9 Å². The third-order valence-corrected chi connectivity index (χ3v) is 5.88. The third-order valence-electron chi connectivity index (χ3n) is 5.88. The monoisotopic (exact) mass is 407 g/mol. The highest BCUT2D eigenvalue weighted by Crippen LogP contribution is 2.31. The van der Waals surface area contributed by atoms with Gasteiger partial charge in [-0.2, -0.15) is 4.98 Å². The van der Waals surface area contributed by atoms with Crippen molar-refractivity contribution in [3.05, 3.63) is 41.8 Å². The average molecular weight is 408 g/mol. The summed E-state index contributed by atoms with van der Waals surface area (Å²) in [7, 11) is 4.01. The molecule has 0 unspecified atom stereocenters. The summed E-state index contributed by atoms with van der Waals surface area (Å²) in [6.45, 7) is 1.80. The van der Waals surface area contributed by atoms with Gasteiger partial charge in [0.25, 0.3) is 0 Å². The summed E-state index contributed by atoms with van der Waals surface area (Å²) in [6, 6.07) is 10.2. The molecule has 0 saturated heterocycles. The zero-order chi connectivity index (χ0) is 21.1. The van der Waals surface area contributed by atoms with Gasteiger partial charge in [-0.3, -0.25) is 4.79 Å². The minimum Gasteiger partial charge on any atom is -0.362 e. The number of aromatic nitrogens is 3. The molecule has 1 aliphatic carbocycles. The van der Waals surface area contributed by atoms with E-state index in [-0.39, 0.29) is 5.78 Å². The quantitative estimate of drug-likeness (QED) is 0.572. The molecule has 0 amide bonds. The van der Waals surface area contributed by atoms with Crippen molar-refractivity contribution in [3.63, 3.8) is 0 Å². The first-order chi connectivity index (χ1) is 14.5. The van der Waals surface area contributed by atoms with Crippen LogP contribution in [0, 0.1) is 12.8 Å². The predicted octanol–water partition coefficient (Wildman–Crippen LogP) is 4.63. The van der Waals surface area contributed by atoms with Gasteiger partial charge in [-0.25, -0.2) is 4.98 Å². The molecule has 158 valence electrons. The topological polar surface area (TPSA) is 84.2 Å². The van der Waals surface area contributed by atoms with Crippen molar-refractivity contribution >= 4 is 28.5 Å². The maximum atomic E-state index is 12.2. The molecule has 0 aliphatic heterocycles. The standard InChI is InChI=1S/C23H29N5O2/c1-15-14-20(27-30-15)21(29)13-10-16-8-11-17(12-9-16)24-23-25-19-7-5-4-6-18(19)22(26-23)28(2)3/h4-7,14,16-17H,8-13H2,1-3H3,(H,24,25,26). The maximum Gasteiger partial charge on any atom is 0.225 e. The van der Waals surface area contributed by atoms with E-state index in [0.717, 1.165) is 48.8 Å². The van der Waals surface area contributed by atoms with Crippen LogP contribution < -0.4 is 10.2 Å². The van der Waals surface area contributed by atoms with Gasteiger partial charge < -0.3 is 14.7 Å². The van der Waals surface area contributed by atoms with E-state index in [1.165, 1.54) is 0 Å². The molecule has 1 aromatic carbocycles. The van der Waals surface area contributed by atoms with Gasteiger partial charge in [-0.05, 0) is 57.1 Å². The lowest BCUT2D eigenvalue weighted by molar-refractivity contribution is 0.0961. The Morgan fingerprint density at radius 1 is 1.17 bits per heavy atom. The van der Waals surface area contributed by atoms with E-state index in [1.807, 2.05) is 37.2 Å². The van der Waals surface area contributed by atoms with E-state index in [1.54, 1.807) is 13.0 Å². The van der Waals surface area contributed by atoms with E-state index < -0.39 is 0 Å². The Morgan fingerprint density at radius 3 is 2.63 bits per heavy atom. The van der Waals surface area contributed by atoms with Crippen molar-refractivity contribution in [2.24, 2.45) is 5.92 Å². The molecule has 2 heterocycles. The summed E-state index contributed by atoms with van der Waals surface area (Å²) in [4.78, 5) is 23.7. The molecule has 0 radical (unpaired) electrons. The van der Waals surface area contributed by atoms with Crippen molar-refractivity contribution in [1.29, 1.82) is 0 Å². The summed E-state index contributed by atoms with van der Waals surface area (Å²) in [5.41, 5.74) is 1.40. The highest BCUT2D eigenvalue weighted by Gasteiger charge is 2.23. The Morgan fingerprint density at radius 2 is 1.93 bits per heavy atom. The lowest BCUT2D eigenvalue weighted by atomic mass is 9.83. The number of aryl methyl sites for hydroxylation is 1. The molecule has 0 bridgehead atoms. The Hall–Kier alpha value is -2.96. The fourth-order valence-corrected chi connectivity index (χ4v) is 4.20. The zero-order valence-electron chi connectivity index (χ0n) is 17.9. The number of hydrogen-bond acceptors (Lipinski definition) is 7. The first-order valence-corrected chi connectivity index (χ1v) is 10.7. The molecular formula is C23H29N5O2. The number of carbonyl (C=O) groups excluding carboxylic acids is 1. The van der Waals surface area contributed by atoms with E-state index >= 15 is 0 Å². The first-order valence-electron chi connectivity index (χ1n) is 10.7. The van der Waals surface area contributed by atoms with Crippen molar-refractivity contribution in [2.75, 3.05) is 24.3 Å². The molecular weight excluding hydrogens is 378 g/mol. The number of Topliss-reactive ketones (excluding diaryl/α,β-unsaturated/α-hetero) is 1. The summed E-state index contributed by atoms with van der Waals surface area (Å²) in [5.74, 6) is 2.96. The highest BCUT2D eigenvalue weighted by molar-refractivity contribution is 5.94. The van der Waals surface area contributed by atoms with Gasteiger partial charge in [-0.15, -0.1) is 0 Å². The Kier molecular flexibility index (Phi) is 5.97. The molecule has 4 rings (SSSR count). The summed E-state index contributed by atoms with van der Waals surface area (Å²) in [6.07, 6.45) is 5.79. The molecule has 1 N–H and O–H groups in total. The van der Waals surface area contributed by atoms with Crippen LogP contribution in [-0.2, 0) is 0 Å². The fourth-order valence-electron chi connectivity index (χ4n) is 4.20. The number of rotatable bonds is 7. The number of nitrogens with zero attached hydrogens (tertiary/aromatic N) is 4. The second-order valence-electron chi connectivity index (χ2n) is 8.43. The lowest BCUT2D eigenvalue weighted by Crippen LogP contribution is -2.27. The zero-order valence-corrected chi connectivity index (χ0v) is 17.9. The van der Waals surface area contributed by atoms with Crippen LogP contribution in [0.2, 0.25) is 0 Å². The lowest BCUT2D eigenvalue weighted by Gasteiger charge is -2.29. The van der Waals surface area contributed by atoms with Crippen molar-refractivity contribution in [2.45, 2.75) is 51.5 Å². The largest absolute Gasteiger partial charge is 0.362 e. The second kappa shape index (κ2) is 8.81. The minimum absolute atomic E-state index is 0.0767. The molecule has 1 fully saturated rings. The van der Waals surface area contributed by atoms with E-state index in [0.29, 0.717) is 35.8 Å². The van der Waals surface area contributed by atoms with Gasteiger partial charge in [0.15, 0.2) is 5.78 Å². The minimum atomic E-state index is 0.0767. The van der Waals surface area contributed by atoms with Crippen molar-refractivity contribution in [3.8, 4) is 0 Å². The van der Waals surface area contributed by atoms with Crippen LogP contribution in [-0.4, -0.2) is 41.0 Å². The Balaban J connectivity index is 1.32. The van der Waals surface area contributed by atoms with Crippen LogP contribution in [0.3, 0.4) is 0 Å². The molecule has 0 spiro atoms. The van der Waals surface area contributed by atoms with E-state index in [4.69, 9.17) is 14.5 Å². The SMILES string of the molecule is Cc1cc(C(=O)CCC2CCC(Nc3nc(N(C)C)c4ccccc4n3)CC2)no1. The third kappa shape index (κ3) is 4.61. The Labute approximate surface area is 176 Å². The van der Waals surface area contributed by atoms with E-state index in [2.05, 4.69) is 16.5 Å². The molecule has 3 aromatic rings. The van der Waals surface area contributed by atoms with Crippen LogP contribution in [0.15, 0.2) is 34.9 Å². The second-order valence-corrected chi connectivity index (χ2v) is 8.43. The van der Waals surface area contributed by atoms with Crippen LogP contribution in [0.4, 0.5) is 11.8 Å². The van der Waals surface area contributed by atoms with Gasteiger partial charge >= 0.3 is 0 Å². The molecule has 1 saturated carbocycles. The van der Waals surface area contributed by atoms with Gasteiger partial charge in [0.2, 0.25) is 5.95 Å². The number of nitrogens with one attached hydrogen (secondary N) is 1. The molecule has 2 aromatic heterocycles. The number of para-hydroxylation sites is 1. The maximum absolute atomic E-state index is 12.2. The van der Waals surface area contributed by atoms with Crippen LogP contribution in [0.1, 0.15) is 54.8 Å². The van der Waals surface area contributed by atoms with Crippen LogP contribution >= 0.6 is 0 Å². The number of ketones is 1. The first kappa shape index (κ1) is 20.3. The van der Waals surface area contributed by atoms with Gasteiger partial charge in [-0.1, -0.05) is 17.3 Å². The number of fused-ring (bicyclic) bond motifs is 1. The average Bonchev–Trinajstić information content (AvgIpc) is 3.19. The van der Waals surface area contributed by atoms with E-state index in [9.17, 15) is 4.79 Å². The number of anilines is 2. The van der Waals surface area contributed by atoms with Crippen LogP contribution in [0.5, 0.6) is 0 Å². The summed E-state index contributed by atoms with van der Waals surface area (Å²) >= 11 is 0. The molecule has 7 nitrogen and oxygen atoms in total. The number of carbonyl (C=O) groups is 1. The molecule has 1 aliphatic rings. The summed E-state index contributed by atoms with van der Waals surface area (Å²) < 4.78 is 5.00. The molecule has 7 heteroatoms. The summed E-state index contributed by atoms with van der Waals surface area (Å²) in [5, 5.41) is 8.43. The molecule has 0 atom stereocenters. The normalized spacial score (nSPS) is 19.0. The van der Waals surface area contributed by atoms with Crippen molar-refractivity contribution in [1.82, 2.24) is 15.1 Å². The predicted molar refractivity (Wildman–Crippen MR) is 118 cm³/mol. The highest BCUT2D eigenvalue weighted by atomic mass is 16.5. The van der Waals surface area contributed by atoms with Crippen molar-refractivity contribution < 1.29 is 9.32 Å². The Bertz CT molecular complexity index is 1020. The number of hydrogen-bond donors (Lipinski definition) is 1. The molecule has 30 heavy (non-hydrogen) atoms. The van der Waals surface area contributed by atoms with Gasteiger partial charge in [0, 0.05) is 38.0 Å². The fraction of sp³-hybridized carbons (Fsp3) is 0.478. The number of benzene rings is 1. The smallest absolute Gasteiger partial charge is 0.225 e.